The normalized spacial score (nSPS) is 9.94. The molecule has 0 spiro atoms. The highest BCUT2D eigenvalue weighted by atomic mass is 16.5. The molecule has 0 atom stereocenters. The number of methoxy groups -OCH3 is 1. The first-order valence-electron chi connectivity index (χ1n) is 5.05. The summed E-state index contributed by atoms with van der Waals surface area (Å²) in [6.07, 6.45) is 1.48. The number of para-hydroxylation sites is 1. The van der Waals surface area contributed by atoms with E-state index in [-0.39, 0.29) is 5.69 Å². The lowest BCUT2D eigenvalue weighted by Crippen LogP contribution is -1.99. The minimum Gasteiger partial charge on any atom is -0.496 e. The van der Waals surface area contributed by atoms with Crippen LogP contribution in [0.4, 0.5) is 0 Å². The smallest absolute Gasteiger partial charge is 0.354 e. The molecule has 4 nitrogen and oxygen atoms in total. The van der Waals surface area contributed by atoms with Gasteiger partial charge in [0, 0.05) is 11.8 Å². The van der Waals surface area contributed by atoms with Crippen molar-refractivity contribution in [1.29, 1.82) is 0 Å². The maximum absolute atomic E-state index is 10.8. The topological polar surface area (TPSA) is 59.4 Å². The van der Waals surface area contributed by atoms with E-state index >= 15 is 0 Å². The van der Waals surface area contributed by atoms with Crippen LogP contribution >= 0.6 is 0 Å². The molecular weight excluding hydrogens is 218 g/mol. The number of aromatic carboxylic acids is 1. The molecule has 0 aliphatic heterocycles. The third-order valence-corrected chi connectivity index (χ3v) is 2.40. The summed E-state index contributed by atoms with van der Waals surface area (Å²) in [4.78, 5) is 14.6. The van der Waals surface area contributed by atoms with Crippen LogP contribution in [0.25, 0.3) is 11.1 Å². The van der Waals surface area contributed by atoms with Crippen LogP contribution in [0.15, 0.2) is 42.6 Å². The number of ether oxygens (including phenoxy) is 1. The maximum atomic E-state index is 10.8. The molecule has 1 aromatic carbocycles. The van der Waals surface area contributed by atoms with Gasteiger partial charge in [0.15, 0.2) is 0 Å². The molecule has 0 unspecified atom stereocenters. The summed E-state index contributed by atoms with van der Waals surface area (Å²) in [5.41, 5.74) is 1.64. The van der Waals surface area contributed by atoms with Crippen LogP contribution in [0.5, 0.6) is 5.75 Å². The third-order valence-electron chi connectivity index (χ3n) is 2.40. The van der Waals surface area contributed by atoms with Gasteiger partial charge in [-0.1, -0.05) is 18.2 Å². The van der Waals surface area contributed by atoms with Crippen LogP contribution in [0.1, 0.15) is 10.5 Å². The molecule has 0 bridgehead atoms. The molecule has 1 N–H and O–H groups in total. The molecule has 0 radical (unpaired) electrons. The average molecular weight is 229 g/mol. The first-order chi connectivity index (χ1) is 8.22. The highest BCUT2D eigenvalue weighted by Gasteiger charge is 2.09. The van der Waals surface area contributed by atoms with E-state index in [2.05, 4.69) is 4.98 Å². The zero-order chi connectivity index (χ0) is 12.3. The third kappa shape index (κ3) is 2.25. The van der Waals surface area contributed by atoms with Gasteiger partial charge in [-0.05, 0) is 23.8 Å². The number of pyridine rings is 1. The number of carboxylic acid groups (broad SMARTS) is 1. The number of nitrogens with zero attached hydrogens (tertiary/aromatic N) is 1. The van der Waals surface area contributed by atoms with E-state index in [9.17, 15) is 4.79 Å². The molecule has 0 aliphatic rings. The van der Waals surface area contributed by atoms with Gasteiger partial charge in [-0.15, -0.1) is 0 Å². The number of hydrogen-bond donors (Lipinski definition) is 1. The van der Waals surface area contributed by atoms with Gasteiger partial charge in [0.25, 0.3) is 0 Å². The Balaban J connectivity index is 2.52. The fourth-order valence-corrected chi connectivity index (χ4v) is 1.60. The molecule has 1 aromatic heterocycles. The largest absolute Gasteiger partial charge is 0.496 e. The molecular formula is C13H11NO3. The van der Waals surface area contributed by atoms with Crippen molar-refractivity contribution >= 4 is 5.97 Å². The van der Waals surface area contributed by atoms with E-state index in [0.29, 0.717) is 5.75 Å². The summed E-state index contributed by atoms with van der Waals surface area (Å²) < 4.78 is 5.23. The zero-order valence-electron chi connectivity index (χ0n) is 9.25. The fourth-order valence-electron chi connectivity index (χ4n) is 1.60. The van der Waals surface area contributed by atoms with Crippen LogP contribution in [-0.2, 0) is 0 Å². The van der Waals surface area contributed by atoms with Gasteiger partial charge in [0.2, 0.25) is 0 Å². The SMILES string of the molecule is COc1ccccc1-c1ccnc(C(=O)O)c1. The van der Waals surface area contributed by atoms with Crippen molar-refractivity contribution in [1.82, 2.24) is 4.98 Å². The number of hydrogen-bond acceptors (Lipinski definition) is 3. The highest BCUT2D eigenvalue weighted by Crippen LogP contribution is 2.29. The summed E-state index contributed by atoms with van der Waals surface area (Å²) in [7, 11) is 1.58. The molecule has 0 saturated carbocycles. The van der Waals surface area contributed by atoms with Crippen LogP contribution in [0, 0.1) is 0 Å². The Labute approximate surface area is 98.5 Å². The summed E-state index contributed by atoms with van der Waals surface area (Å²) in [6.45, 7) is 0. The molecule has 1 heterocycles. The first-order valence-corrected chi connectivity index (χ1v) is 5.05. The van der Waals surface area contributed by atoms with Gasteiger partial charge in [0.1, 0.15) is 11.4 Å². The second kappa shape index (κ2) is 4.65. The van der Waals surface area contributed by atoms with Gasteiger partial charge in [-0.25, -0.2) is 9.78 Å². The Morgan fingerprint density at radius 1 is 1.29 bits per heavy atom. The molecule has 0 saturated heterocycles. The second-order valence-electron chi connectivity index (χ2n) is 3.44. The molecule has 2 rings (SSSR count). The lowest BCUT2D eigenvalue weighted by Gasteiger charge is -2.08. The van der Waals surface area contributed by atoms with Gasteiger partial charge < -0.3 is 9.84 Å². The molecule has 86 valence electrons. The van der Waals surface area contributed by atoms with E-state index in [1.165, 1.54) is 12.3 Å². The standard InChI is InChI=1S/C13H11NO3/c1-17-12-5-3-2-4-10(12)9-6-7-14-11(8-9)13(15)16/h2-8H,1H3,(H,15,16). The van der Waals surface area contributed by atoms with Crippen LogP contribution in [0.3, 0.4) is 0 Å². The summed E-state index contributed by atoms with van der Waals surface area (Å²) in [5.74, 6) is -0.336. The first kappa shape index (κ1) is 11.1. The van der Waals surface area contributed by atoms with Gasteiger partial charge in [-0.3, -0.25) is 0 Å². The van der Waals surface area contributed by atoms with Crippen molar-refractivity contribution in [2.45, 2.75) is 0 Å². The number of benzene rings is 1. The lowest BCUT2D eigenvalue weighted by atomic mass is 10.1. The van der Waals surface area contributed by atoms with E-state index in [1.54, 1.807) is 13.2 Å². The van der Waals surface area contributed by atoms with Crippen molar-refractivity contribution in [3.8, 4) is 16.9 Å². The fraction of sp³-hybridized carbons (Fsp3) is 0.0769. The number of carboxylic acids is 1. The van der Waals surface area contributed by atoms with E-state index < -0.39 is 5.97 Å². The number of aromatic nitrogens is 1. The van der Waals surface area contributed by atoms with Gasteiger partial charge in [-0.2, -0.15) is 0 Å². The van der Waals surface area contributed by atoms with Crippen LogP contribution in [0.2, 0.25) is 0 Å². The molecule has 0 amide bonds. The van der Waals surface area contributed by atoms with Crippen molar-refractivity contribution in [3.63, 3.8) is 0 Å². The van der Waals surface area contributed by atoms with E-state index in [0.717, 1.165) is 11.1 Å². The van der Waals surface area contributed by atoms with Crippen molar-refractivity contribution < 1.29 is 14.6 Å². The minimum absolute atomic E-state index is 0.0217. The van der Waals surface area contributed by atoms with Crippen LogP contribution < -0.4 is 4.74 Å². The highest BCUT2D eigenvalue weighted by molar-refractivity contribution is 5.87. The predicted molar refractivity (Wildman–Crippen MR) is 63.2 cm³/mol. The monoisotopic (exact) mass is 229 g/mol. The zero-order valence-corrected chi connectivity index (χ0v) is 9.25. The molecule has 17 heavy (non-hydrogen) atoms. The van der Waals surface area contributed by atoms with Crippen molar-refractivity contribution in [3.05, 3.63) is 48.3 Å². The Morgan fingerprint density at radius 3 is 2.76 bits per heavy atom. The molecule has 2 aromatic rings. The summed E-state index contributed by atoms with van der Waals surface area (Å²) in [6, 6.07) is 10.7. The Bertz CT molecular complexity index is 552. The minimum atomic E-state index is -1.04. The molecule has 4 heteroatoms. The maximum Gasteiger partial charge on any atom is 0.354 e. The van der Waals surface area contributed by atoms with Gasteiger partial charge in [0.05, 0.1) is 7.11 Å². The Kier molecular flexibility index (Phi) is 3.05. The predicted octanol–water partition coefficient (Wildman–Crippen LogP) is 2.46. The number of carbonyl (C=O) groups is 1. The van der Waals surface area contributed by atoms with Crippen molar-refractivity contribution in [2.75, 3.05) is 7.11 Å². The van der Waals surface area contributed by atoms with Crippen molar-refractivity contribution in [2.24, 2.45) is 0 Å². The lowest BCUT2D eigenvalue weighted by molar-refractivity contribution is 0.0690. The quantitative estimate of drug-likeness (QED) is 0.878. The second-order valence-corrected chi connectivity index (χ2v) is 3.44. The summed E-state index contributed by atoms with van der Waals surface area (Å²) in [5, 5.41) is 8.89. The summed E-state index contributed by atoms with van der Waals surface area (Å²) >= 11 is 0. The Hall–Kier alpha value is -2.36. The number of rotatable bonds is 3. The Morgan fingerprint density at radius 2 is 2.06 bits per heavy atom. The van der Waals surface area contributed by atoms with Crippen LogP contribution in [-0.4, -0.2) is 23.2 Å². The molecule has 0 aliphatic carbocycles. The van der Waals surface area contributed by atoms with E-state index in [1.807, 2.05) is 24.3 Å². The van der Waals surface area contributed by atoms with Gasteiger partial charge >= 0.3 is 5.97 Å². The average Bonchev–Trinajstić information content (AvgIpc) is 2.39. The van der Waals surface area contributed by atoms with E-state index in [4.69, 9.17) is 9.84 Å². The molecule has 0 fully saturated rings.